The highest BCUT2D eigenvalue weighted by molar-refractivity contribution is 5.77. The van der Waals surface area contributed by atoms with Crippen molar-refractivity contribution in [1.82, 2.24) is 4.90 Å². The minimum Gasteiger partial charge on any atom is -0.483 e. The summed E-state index contributed by atoms with van der Waals surface area (Å²) in [5, 5.41) is 19.8. The van der Waals surface area contributed by atoms with Crippen molar-refractivity contribution in [3.63, 3.8) is 0 Å². The molecule has 0 fully saturated rings. The van der Waals surface area contributed by atoms with Gasteiger partial charge in [-0.15, -0.1) is 0 Å². The number of non-ortho nitro benzene ring substituents is 1. The number of carbonyl (C=O) groups is 1. The maximum Gasteiger partial charge on any atom is 0.270 e. The summed E-state index contributed by atoms with van der Waals surface area (Å²) in [6.07, 6.45) is 0. The number of nitro benzene ring substituents is 1. The van der Waals surface area contributed by atoms with Crippen molar-refractivity contribution in [3.05, 3.63) is 33.9 Å². The van der Waals surface area contributed by atoms with E-state index in [-0.39, 0.29) is 29.5 Å². The fraction of sp³-hybridized carbons (Fsp3) is 0.462. The first-order valence-electron chi connectivity index (χ1n) is 6.32. The van der Waals surface area contributed by atoms with Crippen LogP contribution in [0.3, 0.4) is 0 Å². The van der Waals surface area contributed by atoms with Gasteiger partial charge in [-0.25, -0.2) is 0 Å². The third kappa shape index (κ3) is 3.92. The molecule has 1 amide bonds. The smallest absolute Gasteiger partial charge is 0.270 e. The van der Waals surface area contributed by atoms with Crippen LogP contribution in [0.25, 0.3) is 0 Å². The average molecular weight is 282 g/mol. The van der Waals surface area contributed by atoms with Gasteiger partial charge in [-0.2, -0.15) is 0 Å². The molecule has 0 unspecified atom stereocenters. The van der Waals surface area contributed by atoms with Gasteiger partial charge in [0.15, 0.2) is 6.61 Å². The fourth-order valence-corrected chi connectivity index (χ4v) is 1.75. The van der Waals surface area contributed by atoms with Crippen LogP contribution in [0.5, 0.6) is 5.75 Å². The molecule has 0 aliphatic rings. The van der Waals surface area contributed by atoms with Gasteiger partial charge in [0.1, 0.15) is 5.75 Å². The number of hydrogen-bond acceptors (Lipinski definition) is 5. The number of hydrogen-bond donors (Lipinski definition) is 1. The van der Waals surface area contributed by atoms with Gasteiger partial charge in [0.2, 0.25) is 0 Å². The molecule has 1 aromatic carbocycles. The van der Waals surface area contributed by atoms with Crippen LogP contribution < -0.4 is 4.74 Å². The topological polar surface area (TPSA) is 92.9 Å². The van der Waals surface area contributed by atoms with Gasteiger partial charge in [0, 0.05) is 30.8 Å². The molecule has 1 aromatic rings. The summed E-state index contributed by atoms with van der Waals surface area (Å²) >= 11 is 0. The number of aliphatic hydroxyl groups is 1. The maximum atomic E-state index is 11.8. The predicted octanol–water partition coefficient (Wildman–Crippen LogP) is 1.33. The lowest BCUT2D eigenvalue weighted by Gasteiger charge is -2.19. The molecule has 0 aromatic heterocycles. The predicted molar refractivity (Wildman–Crippen MR) is 72.4 cm³/mol. The molecule has 1 rings (SSSR count). The summed E-state index contributed by atoms with van der Waals surface area (Å²) in [5.74, 6) is 0.107. The van der Waals surface area contributed by atoms with E-state index in [0.29, 0.717) is 13.1 Å². The van der Waals surface area contributed by atoms with Crippen molar-refractivity contribution < 1.29 is 19.6 Å². The first-order valence-corrected chi connectivity index (χ1v) is 6.32. The SMILES string of the molecule is CCN(CC)C(=O)COc1ccc([N+](=O)[O-])cc1CO. The van der Waals surface area contributed by atoms with Crippen molar-refractivity contribution in [1.29, 1.82) is 0 Å². The van der Waals surface area contributed by atoms with E-state index in [1.165, 1.54) is 18.2 Å². The molecular formula is C13H18N2O5. The third-order valence-corrected chi connectivity index (χ3v) is 2.89. The number of benzene rings is 1. The second-order valence-corrected chi connectivity index (χ2v) is 4.06. The highest BCUT2D eigenvalue weighted by Gasteiger charge is 2.14. The third-order valence-electron chi connectivity index (χ3n) is 2.89. The Kier molecular flexibility index (Phi) is 5.92. The van der Waals surface area contributed by atoms with Gasteiger partial charge in [0.05, 0.1) is 11.5 Å². The van der Waals surface area contributed by atoms with E-state index in [1.807, 2.05) is 13.8 Å². The van der Waals surface area contributed by atoms with Crippen molar-refractivity contribution in [2.24, 2.45) is 0 Å². The fourth-order valence-electron chi connectivity index (χ4n) is 1.75. The quantitative estimate of drug-likeness (QED) is 0.601. The number of ether oxygens (including phenoxy) is 1. The zero-order chi connectivity index (χ0) is 15.1. The molecule has 0 aliphatic heterocycles. The minimum absolute atomic E-state index is 0.128. The Morgan fingerprint density at radius 3 is 2.55 bits per heavy atom. The van der Waals surface area contributed by atoms with E-state index in [9.17, 15) is 20.0 Å². The van der Waals surface area contributed by atoms with Crippen molar-refractivity contribution in [2.75, 3.05) is 19.7 Å². The number of aliphatic hydroxyl groups excluding tert-OH is 1. The Bertz CT molecular complexity index is 486. The summed E-state index contributed by atoms with van der Waals surface area (Å²) in [5.41, 5.74) is 0.156. The maximum absolute atomic E-state index is 11.8. The summed E-state index contributed by atoms with van der Waals surface area (Å²) in [6.45, 7) is 4.36. The van der Waals surface area contributed by atoms with Crippen molar-refractivity contribution in [3.8, 4) is 5.75 Å². The molecule has 1 N–H and O–H groups in total. The number of nitro groups is 1. The number of likely N-dealkylation sites (N-methyl/N-ethyl adjacent to an activating group) is 1. The van der Waals surface area contributed by atoms with Crippen LogP contribution in [0, 0.1) is 10.1 Å². The molecule has 0 bridgehead atoms. The van der Waals surface area contributed by atoms with Crippen LogP contribution in [0.4, 0.5) is 5.69 Å². The van der Waals surface area contributed by atoms with E-state index < -0.39 is 11.5 Å². The van der Waals surface area contributed by atoms with E-state index in [2.05, 4.69) is 0 Å². The van der Waals surface area contributed by atoms with Crippen LogP contribution in [0.1, 0.15) is 19.4 Å². The Morgan fingerprint density at radius 1 is 1.40 bits per heavy atom. The number of carbonyl (C=O) groups excluding carboxylic acids is 1. The van der Waals surface area contributed by atoms with Gasteiger partial charge in [-0.1, -0.05) is 0 Å². The van der Waals surface area contributed by atoms with E-state index in [1.54, 1.807) is 4.90 Å². The van der Waals surface area contributed by atoms with Crippen LogP contribution in [0.2, 0.25) is 0 Å². The van der Waals surface area contributed by atoms with Crippen molar-refractivity contribution >= 4 is 11.6 Å². The summed E-state index contributed by atoms with van der Waals surface area (Å²) in [7, 11) is 0. The zero-order valence-electron chi connectivity index (χ0n) is 11.5. The van der Waals surface area contributed by atoms with E-state index in [0.717, 1.165) is 0 Å². The Hall–Kier alpha value is -2.15. The first kappa shape index (κ1) is 15.9. The van der Waals surface area contributed by atoms with Crippen LogP contribution in [-0.4, -0.2) is 40.5 Å². The van der Waals surface area contributed by atoms with Gasteiger partial charge in [0.25, 0.3) is 11.6 Å². The van der Waals surface area contributed by atoms with Gasteiger partial charge in [-0.05, 0) is 19.9 Å². The average Bonchev–Trinajstić information content (AvgIpc) is 2.45. The lowest BCUT2D eigenvalue weighted by atomic mass is 10.2. The number of rotatable bonds is 7. The second-order valence-electron chi connectivity index (χ2n) is 4.06. The lowest BCUT2D eigenvalue weighted by Crippen LogP contribution is -2.34. The monoisotopic (exact) mass is 282 g/mol. The molecule has 0 spiro atoms. The molecule has 7 nitrogen and oxygen atoms in total. The van der Waals surface area contributed by atoms with Crippen molar-refractivity contribution in [2.45, 2.75) is 20.5 Å². The summed E-state index contributed by atoms with van der Waals surface area (Å²) in [4.78, 5) is 23.5. The Balaban J connectivity index is 2.77. The second kappa shape index (κ2) is 7.44. The van der Waals surface area contributed by atoms with Crippen LogP contribution in [0.15, 0.2) is 18.2 Å². The molecule has 0 saturated carbocycles. The van der Waals surface area contributed by atoms with E-state index >= 15 is 0 Å². The first-order chi connectivity index (χ1) is 9.53. The number of nitrogens with zero attached hydrogens (tertiary/aromatic N) is 2. The highest BCUT2D eigenvalue weighted by atomic mass is 16.6. The van der Waals surface area contributed by atoms with Gasteiger partial charge >= 0.3 is 0 Å². The summed E-state index contributed by atoms with van der Waals surface area (Å²) in [6, 6.07) is 3.90. The Labute approximate surface area is 116 Å². The van der Waals surface area contributed by atoms with E-state index in [4.69, 9.17) is 4.74 Å². The molecule has 0 atom stereocenters. The molecule has 7 heteroatoms. The number of amides is 1. The van der Waals surface area contributed by atoms with Gasteiger partial charge in [-0.3, -0.25) is 14.9 Å². The lowest BCUT2D eigenvalue weighted by molar-refractivity contribution is -0.385. The van der Waals surface area contributed by atoms with Gasteiger partial charge < -0.3 is 14.7 Å². The molecule has 110 valence electrons. The largest absolute Gasteiger partial charge is 0.483 e. The molecule has 20 heavy (non-hydrogen) atoms. The summed E-state index contributed by atoms with van der Waals surface area (Å²) < 4.78 is 5.34. The normalized spacial score (nSPS) is 10.2. The van der Waals surface area contributed by atoms with Crippen LogP contribution in [-0.2, 0) is 11.4 Å². The van der Waals surface area contributed by atoms with Crippen LogP contribution >= 0.6 is 0 Å². The Morgan fingerprint density at radius 2 is 2.05 bits per heavy atom. The molecular weight excluding hydrogens is 264 g/mol. The molecule has 0 saturated heterocycles. The standard InChI is InChI=1S/C13H18N2O5/c1-3-14(4-2)13(17)9-20-12-6-5-11(15(18)19)7-10(12)8-16/h5-7,16H,3-4,8-9H2,1-2H3. The molecule has 0 aliphatic carbocycles. The zero-order valence-corrected chi connectivity index (χ0v) is 11.5. The molecule has 0 heterocycles. The molecule has 0 radical (unpaired) electrons. The highest BCUT2D eigenvalue weighted by Crippen LogP contribution is 2.24. The minimum atomic E-state index is -0.552.